The van der Waals surface area contributed by atoms with Gasteiger partial charge in [-0.2, -0.15) is 0 Å². The van der Waals surface area contributed by atoms with Gasteiger partial charge in [0.05, 0.1) is 0 Å². The number of nitrogens with one attached hydrogen (secondary N) is 1. The number of pyridine rings is 2. The highest BCUT2D eigenvalue weighted by atomic mass is 35.5. The number of carbonyl (C=O) groups is 1. The third-order valence-electron chi connectivity index (χ3n) is 4.27. The van der Waals surface area contributed by atoms with Gasteiger partial charge in [0.2, 0.25) is 11.9 Å². The lowest BCUT2D eigenvalue weighted by atomic mass is 9.99. The van der Waals surface area contributed by atoms with Crippen LogP contribution in [-0.2, 0) is 11.2 Å². The zero-order valence-corrected chi connectivity index (χ0v) is 14.0. The number of H-pyrrole nitrogens is 1. The molecule has 4 heterocycles. The third kappa shape index (κ3) is 3.23. The molecule has 25 heavy (non-hydrogen) atoms. The number of nitrogens with zero attached hydrogens (tertiary/aromatic N) is 5. The van der Waals surface area contributed by atoms with Crippen LogP contribution in [0.5, 0.6) is 0 Å². The van der Waals surface area contributed by atoms with Crippen molar-refractivity contribution in [2.75, 3.05) is 11.4 Å². The molecule has 0 unspecified atom stereocenters. The van der Waals surface area contributed by atoms with Crippen LogP contribution in [0.15, 0.2) is 42.9 Å². The maximum atomic E-state index is 12.7. The Hall–Kier alpha value is -2.80. The SMILES string of the molecule is O=C1[C@H](Cc2ccc(Cl)nc2)CCN1c1nnc(-c2ccncc2)[nH]1. The second kappa shape index (κ2) is 6.60. The van der Waals surface area contributed by atoms with E-state index < -0.39 is 0 Å². The van der Waals surface area contributed by atoms with Crippen molar-refractivity contribution in [3.8, 4) is 11.4 Å². The Labute approximate surface area is 149 Å². The van der Waals surface area contributed by atoms with Gasteiger partial charge in [-0.25, -0.2) is 4.98 Å². The summed E-state index contributed by atoms with van der Waals surface area (Å²) in [5, 5.41) is 8.71. The zero-order valence-electron chi connectivity index (χ0n) is 13.3. The van der Waals surface area contributed by atoms with Crippen molar-refractivity contribution in [2.45, 2.75) is 12.8 Å². The highest BCUT2D eigenvalue weighted by molar-refractivity contribution is 6.29. The molecule has 0 aliphatic carbocycles. The molecule has 1 fully saturated rings. The fourth-order valence-corrected chi connectivity index (χ4v) is 3.08. The van der Waals surface area contributed by atoms with Crippen molar-refractivity contribution in [3.63, 3.8) is 0 Å². The fourth-order valence-electron chi connectivity index (χ4n) is 2.96. The molecule has 1 aliphatic heterocycles. The molecule has 3 aromatic rings. The van der Waals surface area contributed by atoms with Crippen molar-refractivity contribution in [3.05, 3.63) is 53.6 Å². The lowest BCUT2D eigenvalue weighted by Gasteiger charge is -2.12. The lowest BCUT2D eigenvalue weighted by molar-refractivity contribution is -0.120. The maximum absolute atomic E-state index is 12.7. The molecule has 0 aromatic carbocycles. The van der Waals surface area contributed by atoms with Crippen molar-refractivity contribution < 1.29 is 4.79 Å². The van der Waals surface area contributed by atoms with Gasteiger partial charge in [-0.3, -0.25) is 14.7 Å². The fraction of sp³-hybridized carbons (Fsp3) is 0.235. The molecule has 1 amide bonds. The first-order valence-corrected chi connectivity index (χ1v) is 8.33. The van der Waals surface area contributed by atoms with Crippen LogP contribution in [0.4, 0.5) is 5.95 Å². The van der Waals surface area contributed by atoms with E-state index in [9.17, 15) is 4.79 Å². The van der Waals surface area contributed by atoms with Crippen LogP contribution < -0.4 is 4.90 Å². The van der Waals surface area contributed by atoms with E-state index in [4.69, 9.17) is 11.6 Å². The van der Waals surface area contributed by atoms with Gasteiger partial charge < -0.3 is 4.98 Å². The summed E-state index contributed by atoms with van der Waals surface area (Å²) in [6.07, 6.45) is 6.51. The molecule has 7 nitrogen and oxygen atoms in total. The monoisotopic (exact) mass is 354 g/mol. The number of hydrogen-bond acceptors (Lipinski definition) is 5. The van der Waals surface area contributed by atoms with Crippen LogP contribution in [0.3, 0.4) is 0 Å². The van der Waals surface area contributed by atoms with Gasteiger partial charge in [-0.1, -0.05) is 17.7 Å². The molecule has 0 radical (unpaired) electrons. The van der Waals surface area contributed by atoms with Crippen molar-refractivity contribution in [2.24, 2.45) is 5.92 Å². The molecule has 1 N–H and O–H groups in total. The highest BCUT2D eigenvalue weighted by Gasteiger charge is 2.34. The van der Waals surface area contributed by atoms with Crippen LogP contribution in [0.1, 0.15) is 12.0 Å². The minimum absolute atomic E-state index is 0.0485. The first-order valence-electron chi connectivity index (χ1n) is 7.95. The Balaban J connectivity index is 1.48. The Morgan fingerprint density at radius 1 is 1.20 bits per heavy atom. The summed E-state index contributed by atoms with van der Waals surface area (Å²) in [5.41, 5.74) is 1.88. The Morgan fingerprint density at radius 2 is 2.04 bits per heavy atom. The van der Waals surface area contributed by atoms with E-state index in [0.29, 0.717) is 29.9 Å². The number of hydrogen-bond donors (Lipinski definition) is 1. The van der Waals surface area contributed by atoms with E-state index in [1.54, 1.807) is 29.6 Å². The summed E-state index contributed by atoms with van der Waals surface area (Å²) in [6.45, 7) is 0.621. The van der Waals surface area contributed by atoms with Gasteiger partial charge in [0, 0.05) is 36.6 Å². The molecule has 1 aliphatic rings. The third-order valence-corrected chi connectivity index (χ3v) is 4.50. The molecule has 4 rings (SSSR count). The molecule has 8 heteroatoms. The smallest absolute Gasteiger partial charge is 0.232 e. The van der Waals surface area contributed by atoms with Gasteiger partial charge in [0.25, 0.3) is 0 Å². The standard InChI is InChI=1S/C17H15ClN6O/c18-14-2-1-11(10-20-14)9-13-5-8-24(16(13)25)17-21-15(22-23-17)12-3-6-19-7-4-12/h1-4,6-7,10,13H,5,8-9H2,(H,21,22,23)/t13-/m0/s1. The first-order chi connectivity index (χ1) is 12.2. The molecule has 1 atom stereocenters. The van der Waals surface area contributed by atoms with E-state index in [2.05, 4.69) is 25.1 Å². The van der Waals surface area contributed by atoms with Gasteiger partial charge >= 0.3 is 0 Å². The molecule has 0 saturated carbocycles. The van der Waals surface area contributed by atoms with Crippen LogP contribution in [0.2, 0.25) is 5.15 Å². The molecular formula is C17H15ClN6O. The summed E-state index contributed by atoms with van der Waals surface area (Å²) in [5.74, 6) is 1.06. The van der Waals surface area contributed by atoms with Crippen LogP contribution in [-0.4, -0.2) is 37.6 Å². The highest BCUT2D eigenvalue weighted by Crippen LogP contribution is 2.26. The lowest BCUT2D eigenvalue weighted by Crippen LogP contribution is -2.28. The predicted molar refractivity (Wildman–Crippen MR) is 93.0 cm³/mol. The number of amides is 1. The van der Waals surface area contributed by atoms with Crippen LogP contribution >= 0.6 is 11.6 Å². The van der Waals surface area contributed by atoms with E-state index in [1.165, 1.54) is 0 Å². The van der Waals surface area contributed by atoms with Crippen molar-refractivity contribution in [1.82, 2.24) is 25.1 Å². The molecular weight excluding hydrogens is 340 g/mol. The van der Waals surface area contributed by atoms with Gasteiger partial charge in [-0.05, 0) is 36.6 Å². The number of rotatable bonds is 4. The largest absolute Gasteiger partial charge is 0.307 e. The van der Waals surface area contributed by atoms with E-state index in [0.717, 1.165) is 17.5 Å². The summed E-state index contributed by atoms with van der Waals surface area (Å²) in [4.78, 5) is 25.5. The van der Waals surface area contributed by atoms with Crippen LogP contribution in [0.25, 0.3) is 11.4 Å². The van der Waals surface area contributed by atoms with E-state index in [-0.39, 0.29) is 11.8 Å². The number of anilines is 1. The van der Waals surface area contributed by atoms with Crippen LogP contribution in [0, 0.1) is 5.92 Å². The Morgan fingerprint density at radius 3 is 2.80 bits per heavy atom. The van der Waals surface area contributed by atoms with E-state index in [1.807, 2.05) is 18.2 Å². The van der Waals surface area contributed by atoms with Gasteiger partial charge in [0.15, 0.2) is 5.82 Å². The molecule has 3 aromatic heterocycles. The van der Waals surface area contributed by atoms with Crippen molar-refractivity contribution in [1.29, 1.82) is 0 Å². The maximum Gasteiger partial charge on any atom is 0.232 e. The summed E-state index contributed by atoms with van der Waals surface area (Å²) in [6, 6.07) is 7.33. The minimum atomic E-state index is -0.0857. The van der Waals surface area contributed by atoms with Gasteiger partial charge in [-0.15, -0.1) is 10.2 Å². The Kier molecular flexibility index (Phi) is 4.15. The zero-order chi connectivity index (χ0) is 17.2. The molecule has 0 bridgehead atoms. The average molecular weight is 355 g/mol. The summed E-state index contributed by atoms with van der Waals surface area (Å²) in [7, 11) is 0. The minimum Gasteiger partial charge on any atom is -0.307 e. The predicted octanol–water partition coefficient (Wildman–Crippen LogP) is 2.51. The van der Waals surface area contributed by atoms with Gasteiger partial charge in [0.1, 0.15) is 5.15 Å². The van der Waals surface area contributed by atoms with Crippen molar-refractivity contribution >= 4 is 23.5 Å². The average Bonchev–Trinajstić information content (AvgIpc) is 3.25. The molecule has 0 spiro atoms. The van der Waals surface area contributed by atoms with E-state index >= 15 is 0 Å². The molecule has 126 valence electrons. The topological polar surface area (TPSA) is 87.7 Å². The number of aromatic nitrogens is 5. The number of aromatic amines is 1. The summed E-state index contributed by atoms with van der Waals surface area (Å²) < 4.78 is 0. The number of carbonyl (C=O) groups excluding carboxylic acids is 1. The summed E-state index contributed by atoms with van der Waals surface area (Å²) >= 11 is 5.80. The number of halogens is 1. The molecule has 1 saturated heterocycles. The Bertz CT molecular complexity index is 880. The quantitative estimate of drug-likeness (QED) is 0.727. The second-order valence-corrected chi connectivity index (χ2v) is 6.29. The second-order valence-electron chi connectivity index (χ2n) is 5.90. The first kappa shape index (κ1) is 15.7. The normalized spacial score (nSPS) is 17.2.